The summed E-state index contributed by atoms with van der Waals surface area (Å²) < 4.78 is 2.61. The maximum atomic E-state index is 13.0. The fourth-order valence-electron chi connectivity index (χ4n) is 3.65. The minimum absolute atomic E-state index is 0.212. The van der Waals surface area contributed by atoms with Crippen molar-refractivity contribution < 1.29 is 0 Å². The molecule has 0 amide bonds. The van der Waals surface area contributed by atoms with E-state index in [1.165, 1.54) is 28.0 Å². The summed E-state index contributed by atoms with van der Waals surface area (Å²) >= 11 is 1.64. The Hall–Kier alpha value is -2.86. The maximum absolute atomic E-state index is 13.0. The van der Waals surface area contributed by atoms with Crippen molar-refractivity contribution in [3.8, 4) is 0 Å². The van der Waals surface area contributed by atoms with Crippen molar-refractivity contribution in [3.63, 3.8) is 0 Å². The lowest BCUT2D eigenvalue weighted by Gasteiger charge is -2.16. The summed E-state index contributed by atoms with van der Waals surface area (Å²) in [7, 11) is 3.18. The number of aryl methyl sites for hydroxylation is 1. The molecule has 2 aromatic heterocycles. The van der Waals surface area contributed by atoms with Gasteiger partial charge in [-0.1, -0.05) is 56.3 Å². The van der Waals surface area contributed by atoms with Crippen LogP contribution in [0.4, 0.5) is 0 Å². The number of pyridine rings is 1. The average Bonchev–Trinajstić information content (AvgIpc) is 2.73. The number of hydrogen-bond acceptors (Lipinski definition) is 4. The van der Waals surface area contributed by atoms with Crippen LogP contribution in [0.2, 0.25) is 0 Å². The third-order valence-electron chi connectivity index (χ3n) is 5.32. The van der Waals surface area contributed by atoms with E-state index in [1.54, 1.807) is 25.0 Å². The topological polar surface area (TPSA) is 56.9 Å². The van der Waals surface area contributed by atoms with E-state index in [9.17, 15) is 9.59 Å². The molecule has 0 aliphatic rings. The number of thioether (sulfide) groups is 1. The molecular formula is C23H23N3O2S. The Kier molecular flexibility index (Phi) is 5.04. The average molecular weight is 406 g/mol. The molecule has 5 nitrogen and oxygen atoms in total. The van der Waals surface area contributed by atoms with Crippen LogP contribution in [0, 0.1) is 0 Å². The van der Waals surface area contributed by atoms with E-state index in [0.29, 0.717) is 11.0 Å². The molecule has 0 fully saturated rings. The molecule has 2 aromatic carbocycles. The summed E-state index contributed by atoms with van der Waals surface area (Å²) in [5.41, 5.74) is 2.02. The van der Waals surface area contributed by atoms with Gasteiger partial charge in [-0.2, -0.15) is 0 Å². The molecule has 29 heavy (non-hydrogen) atoms. The zero-order valence-corrected chi connectivity index (χ0v) is 17.8. The highest BCUT2D eigenvalue weighted by atomic mass is 32.2. The number of rotatable bonds is 4. The number of nitrogens with zero attached hydrogens (tertiary/aromatic N) is 3. The normalized spacial score (nSPS) is 11.6. The standard InChI is InChI=1S/C23H23N3O2S/c1-14(2)18-12-24-21-19(22(27)26(4)23(28)25(21)3)20(18)29-13-16-10-7-9-15-8-5-6-11-17(15)16/h5-12,14H,13H2,1-4H3. The molecule has 4 aromatic rings. The minimum Gasteiger partial charge on any atom is -0.280 e. The van der Waals surface area contributed by atoms with Crippen molar-refractivity contribution in [1.29, 1.82) is 0 Å². The third kappa shape index (κ3) is 3.27. The first-order chi connectivity index (χ1) is 13.9. The first kappa shape index (κ1) is 19.5. The lowest BCUT2D eigenvalue weighted by molar-refractivity contribution is 0.703. The van der Waals surface area contributed by atoms with E-state index in [1.807, 2.05) is 12.1 Å². The van der Waals surface area contributed by atoms with Gasteiger partial charge in [0.25, 0.3) is 5.56 Å². The van der Waals surface area contributed by atoms with Gasteiger partial charge >= 0.3 is 5.69 Å². The number of aromatic nitrogens is 3. The van der Waals surface area contributed by atoms with E-state index in [4.69, 9.17) is 0 Å². The second-order valence-corrected chi connectivity index (χ2v) is 8.51. The second kappa shape index (κ2) is 7.52. The van der Waals surface area contributed by atoms with Gasteiger partial charge in [0.15, 0.2) is 0 Å². The van der Waals surface area contributed by atoms with Gasteiger partial charge in [0.1, 0.15) is 5.65 Å². The van der Waals surface area contributed by atoms with Crippen molar-refractivity contribution >= 4 is 33.6 Å². The smallest absolute Gasteiger partial charge is 0.280 e. The summed E-state index contributed by atoms with van der Waals surface area (Å²) in [4.78, 5) is 30.7. The largest absolute Gasteiger partial charge is 0.332 e. The zero-order valence-electron chi connectivity index (χ0n) is 17.0. The number of benzene rings is 2. The van der Waals surface area contributed by atoms with Crippen LogP contribution < -0.4 is 11.2 Å². The monoisotopic (exact) mass is 405 g/mol. The molecular weight excluding hydrogens is 382 g/mol. The van der Waals surface area contributed by atoms with Crippen LogP contribution >= 0.6 is 11.8 Å². The van der Waals surface area contributed by atoms with Gasteiger partial charge in [-0.25, -0.2) is 9.78 Å². The Morgan fingerprint density at radius 3 is 2.48 bits per heavy atom. The van der Waals surface area contributed by atoms with Gasteiger partial charge in [0.2, 0.25) is 0 Å². The Labute approximate surface area is 173 Å². The van der Waals surface area contributed by atoms with E-state index in [2.05, 4.69) is 49.2 Å². The van der Waals surface area contributed by atoms with Gasteiger partial charge in [0.05, 0.1) is 5.39 Å². The summed E-state index contributed by atoms with van der Waals surface area (Å²) in [5.74, 6) is 0.940. The van der Waals surface area contributed by atoms with Crippen molar-refractivity contribution in [2.75, 3.05) is 0 Å². The lowest BCUT2D eigenvalue weighted by Crippen LogP contribution is -2.37. The molecule has 0 atom stereocenters. The summed E-state index contributed by atoms with van der Waals surface area (Å²) in [6, 6.07) is 14.6. The Balaban J connectivity index is 1.91. The van der Waals surface area contributed by atoms with E-state index < -0.39 is 0 Å². The van der Waals surface area contributed by atoms with Crippen LogP contribution in [-0.4, -0.2) is 14.1 Å². The summed E-state index contributed by atoms with van der Waals surface area (Å²) in [6.07, 6.45) is 1.80. The molecule has 6 heteroatoms. The third-order valence-corrected chi connectivity index (χ3v) is 6.51. The summed E-state index contributed by atoms with van der Waals surface area (Å²) in [5, 5.41) is 2.94. The molecule has 0 N–H and O–H groups in total. The molecule has 0 aliphatic carbocycles. The Morgan fingerprint density at radius 1 is 1.00 bits per heavy atom. The molecule has 0 radical (unpaired) electrons. The Bertz CT molecular complexity index is 1350. The van der Waals surface area contributed by atoms with Gasteiger partial charge in [-0.3, -0.25) is 13.9 Å². The summed E-state index contributed by atoms with van der Waals surface area (Å²) in [6.45, 7) is 4.19. The maximum Gasteiger partial charge on any atom is 0.332 e. The zero-order chi connectivity index (χ0) is 20.7. The molecule has 0 unspecified atom stereocenters. The fraction of sp³-hybridized carbons (Fsp3) is 0.261. The SMILES string of the molecule is CC(C)c1cnc2c(c1SCc1cccc3ccccc13)c(=O)n(C)c(=O)n2C. The van der Waals surface area contributed by atoms with Gasteiger partial charge in [-0.05, 0) is 27.8 Å². The van der Waals surface area contributed by atoms with Crippen LogP contribution in [0.3, 0.4) is 0 Å². The van der Waals surface area contributed by atoms with E-state index in [0.717, 1.165) is 20.8 Å². The first-order valence-electron chi connectivity index (χ1n) is 9.58. The van der Waals surface area contributed by atoms with Crippen molar-refractivity contribution in [3.05, 3.63) is 80.6 Å². The van der Waals surface area contributed by atoms with Crippen LogP contribution in [-0.2, 0) is 19.8 Å². The molecule has 0 bridgehead atoms. The van der Waals surface area contributed by atoms with Crippen molar-refractivity contribution in [2.24, 2.45) is 14.1 Å². The predicted molar refractivity (Wildman–Crippen MR) is 120 cm³/mol. The predicted octanol–water partition coefficient (Wildman–Crippen LogP) is 4.20. The van der Waals surface area contributed by atoms with Gasteiger partial charge in [-0.15, -0.1) is 11.8 Å². The van der Waals surface area contributed by atoms with Crippen LogP contribution in [0.25, 0.3) is 21.8 Å². The molecule has 148 valence electrons. The molecule has 0 spiro atoms. The quantitative estimate of drug-likeness (QED) is 0.478. The molecule has 0 saturated heterocycles. The highest BCUT2D eigenvalue weighted by molar-refractivity contribution is 7.98. The van der Waals surface area contributed by atoms with Crippen molar-refractivity contribution in [2.45, 2.75) is 30.4 Å². The van der Waals surface area contributed by atoms with Crippen LogP contribution in [0.5, 0.6) is 0 Å². The number of fused-ring (bicyclic) bond motifs is 2. The molecule has 4 rings (SSSR count). The second-order valence-electron chi connectivity index (χ2n) is 7.53. The van der Waals surface area contributed by atoms with E-state index >= 15 is 0 Å². The highest BCUT2D eigenvalue weighted by Gasteiger charge is 2.19. The molecule has 0 aliphatic heterocycles. The minimum atomic E-state index is -0.364. The fourth-order valence-corrected chi connectivity index (χ4v) is 4.98. The molecule has 2 heterocycles. The lowest BCUT2D eigenvalue weighted by atomic mass is 10.0. The van der Waals surface area contributed by atoms with E-state index in [-0.39, 0.29) is 17.2 Å². The highest BCUT2D eigenvalue weighted by Crippen LogP contribution is 2.35. The van der Waals surface area contributed by atoms with Gasteiger partial charge in [0, 0.05) is 30.9 Å². The number of hydrogen-bond donors (Lipinski definition) is 0. The molecule has 0 saturated carbocycles. The van der Waals surface area contributed by atoms with Gasteiger partial charge < -0.3 is 0 Å². The Morgan fingerprint density at radius 2 is 1.72 bits per heavy atom. The van der Waals surface area contributed by atoms with Crippen LogP contribution in [0.1, 0.15) is 30.9 Å². The van der Waals surface area contributed by atoms with Crippen LogP contribution in [0.15, 0.2) is 63.1 Å². The van der Waals surface area contributed by atoms with Crippen molar-refractivity contribution in [1.82, 2.24) is 14.1 Å². The first-order valence-corrected chi connectivity index (χ1v) is 10.6.